The molecule has 2 aliphatic rings. The van der Waals surface area contributed by atoms with Crippen LogP contribution in [0.4, 0.5) is 13.9 Å². The van der Waals surface area contributed by atoms with E-state index < -0.39 is 68.9 Å². The largest absolute Gasteiger partial charge is 0.497 e. The van der Waals surface area contributed by atoms with Gasteiger partial charge in [-0.3, -0.25) is 14.5 Å². The summed E-state index contributed by atoms with van der Waals surface area (Å²) < 4.78 is 66.5. The van der Waals surface area contributed by atoms with Crippen molar-refractivity contribution in [2.75, 3.05) is 36.8 Å². The highest BCUT2D eigenvalue weighted by Gasteiger charge is 2.55. The van der Waals surface area contributed by atoms with Gasteiger partial charge in [-0.1, -0.05) is 108 Å². The Morgan fingerprint density at radius 2 is 1.52 bits per heavy atom. The van der Waals surface area contributed by atoms with E-state index in [1.165, 1.54) is 7.11 Å². The van der Waals surface area contributed by atoms with Crippen molar-refractivity contribution in [3.8, 4) is 5.75 Å². The molecule has 0 radical (unpaired) electrons. The number of carbonyl (C=O) groups excluding carboxylic acids is 3. The zero-order valence-electron chi connectivity index (χ0n) is 31.7. The second-order valence-electron chi connectivity index (χ2n) is 13.3. The van der Waals surface area contributed by atoms with Gasteiger partial charge in [0.05, 0.1) is 12.9 Å². The summed E-state index contributed by atoms with van der Waals surface area (Å²) in [6.45, 7) is -1.62. The van der Waals surface area contributed by atoms with E-state index in [0.29, 0.717) is 11.3 Å². The van der Waals surface area contributed by atoms with E-state index in [1.807, 2.05) is 91.0 Å². The van der Waals surface area contributed by atoms with Gasteiger partial charge in [0, 0.05) is 17.3 Å². The van der Waals surface area contributed by atoms with Crippen molar-refractivity contribution in [3.05, 3.63) is 155 Å². The Bertz CT molecular complexity index is 2410. The molecule has 1 fully saturated rings. The van der Waals surface area contributed by atoms with Crippen molar-refractivity contribution >= 4 is 61.8 Å². The number of hydrogen-bond donors (Lipinski definition) is 2. The lowest BCUT2D eigenvalue weighted by atomic mass is 9.77. The van der Waals surface area contributed by atoms with Crippen molar-refractivity contribution < 1.29 is 45.9 Å². The Morgan fingerprint density at radius 1 is 0.917 bits per heavy atom. The molecule has 2 atom stereocenters. The fraction of sp³-hybridized carbons (Fsp3) is 0.220. The van der Waals surface area contributed by atoms with Gasteiger partial charge >= 0.3 is 5.97 Å². The number of hydrogen-bond acceptors (Lipinski definition) is 14. The number of esters is 1. The van der Waals surface area contributed by atoms with Crippen LogP contribution in [0.3, 0.4) is 0 Å². The van der Waals surface area contributed by atoms with E-state index in [1.54, 1.807) is 24.3 Å². The number of anilines is 1. The molecule has 2 amide bonds. The van der Waals surface area contributed by atoms with Crippen LogP contribution in [-0.2, 0) is 45.9 Å². The van der Waals surface area contributed by atoms with E-state index >= 15 is 0 Å². The van der Waals surface area contributed by atoms with Crippen LogP contribution in [0.15, 0.2) is 132 Å². The monoisotopic (exact) mass is 874 g/mol. The van der Waals surface area contributed by atoms with Crippen LogP contribution in [0.5, 0.6) is 5.75 Å². The third-order valence-electron chi connectivity index (χ3n) is 9.59. The summed E-state index contributed by atoms with van der Waals surface area (Å²) in [4.78, 5) is 51.5. The number of thioether (sulfide) groups is 1. The number of ether oxygens (including phenoxy) is 2. The maximum Gasteiger partial charge on any atom is 0.355 e. The molecule has 60 heavy (non-hydrogen) atoms. The minimum atomic E-state index is -4.28. The summed E-state index contributed by atoms with van der Waals surface area (Å²) in [5, 5.41) is 9.12. The molecule has 0 aliphatic carbocycles. The van der Waals surface area contributed by atoms with Crippen molar-refractivity contribution in [3.63, 3.8) is 0 Å². The number of fused-ring (bicyclic) bond motifs is 1. The van der Waals surface area contributed by atoms with E-state index in [2.05, 4.69) is 30.0 Å². The maximum absolute atomic E-state index is 13.9. The van der Waals surface area contributed by atoms with Crippen molar-refractivity contribution in [2.24, 2.45) is 5.16 Å². The molecule has 1 unspecified atom stereocenters. The number of methoxy groups -OCH3 is 1. The van der Waals surface area contributed by atoms with Gasteiger partial charge < -0.3 is 24.9 Å². The molecule has 5 aromatic rings. The summed E-state index contributed by atoms with van der Waals surface area (Å²) in [7, 11) is -2.78. The zero-order valence-corrected chi connectivity index (χ0v) is 34.1. The fourth-order valence-corrected chi connectivity index (χ4v) is 9.77. The van der Waals surface area contributed by atoms with Gasteiger partial charge in [-0.15, -0.1) is 11.8 Å². The first-order valence-electron chi connectivity index (χ1n) is 18.2. The van der Waals surface area contributed by atoms with E-state index in [9.17, 15) is 31.6 Å². The first-order valence-corrected chi connectivity index (χ1v) is 21.8. The first-order chi connectivity index (χ1) is 29.1. The van der Waals surface area contributed by atoms with Crippen LogP contribution in [-0.4, -0.2) is 89.1 Å². The molecular formula is C41H36F2N6O8S3. The standard InChI is InChI=1S/C41H36F2N6O8S3/c1-55-31-19-17-26(18-20-31)21-56-39(52)34-27(23-60(53,54)25-43)22-58-38-33(37(51)49(34)38)44-36(50)32(47-57-24-42)35-45-40(59-48-35)46-41(28-11-5-2-6-12-28,29-13-7-3-8-14-29)30-15-9-4-10-16-30/h2-20,33,38H,21-25H2,1H3,(H,44,50)(H,45,46,48)/b47-32-/t33?,38-/m1/s1. The summed E-state index contributed by atoms with van der Waals surface area (Å²) in [6.07, 6.45) is 0. The number of aromatic nitrogens is 2. The lowest BCUT2D eigenvalue weighted by molar-refractivity contribution is -0.153. The second kappa shape index (κ2) is 18.4. The first kappa shape index (κ1) is 42.0. The normalized spacial score (nSPS) is 16.7. The smallest absolute Gasteiger partial charge is 0.355 e. The van der Waals surface area contributed by atoms with Crippen molar-refractivity contribution in [2.45, 2.75) is 23.6 Å². The molecule has 14 nitrogen and oxygen atoms in total. The van der Waals surface area contributed by atoms with Gasteiger partial charge in [-0.05, 0) is 40.0 Å². The average molecular weight is 875 g/mol. The molecule has 19 heteroatoms. The summed E-state index contributed by atoms with van der Waals surface area (Å²) in [6, 6.07) is 32.7. The predicted octanol–water partition coefficient (Wildman–Crippen LogP) is 5.34. The summed E-state index contributed by atoms with van der Waals surface area (Å²) >= 11 is 1.96. The molecule has 2 aliphatic heterocycles. The molecule has 4 aromatic carbocycles. The van der Waals surface area contributed by atoms with Crippen LogP contribution < -0.4 is 15.4 Å². The fourth-order valence-electron chi connectivity index (χ4n) is 6.82. The average Bonchev–Trinajstić information content (AvgIpc) is 3.75. The Balaban J connectivity index is 1.14. The number of benzene rings is 4. The van der Waals surface area contributed by atoms with Crippen molar-refractivity contribution in [1.82, 2.24) is 19.6 Å². The number of rotatable bonds is 17. The Labute approximate surface area is 351 Å². The molecule has 310 valence electrons. The Morgan fingerprint density at radius 3 is 2.07 bits per heavy atom. The maximum atomic E-state index is 13.9. The van der Waals surface area contributed by atoms with Crippen molar-refractivity contribution in [1.29, 1.82) is 0 Å². The molecule has 0 spiro atoms. The number of amides is 2. The number of halogens is 2. The molecule has 1 saturated heterocycles. The number of oxime groups is 1. The molecule has 0 saturated carbocycles. The second-order valence-corrected chi connectivity index (χ2v) is 17.2. The molecule has 2 N–H and O–H groups in total. The van der Waals surface area contributed by atoms with Gasteiger partial charge in [0.25, 0.3) is 18.7 Å². The van der Waals surface area contributed by atoms with Crippen LogP contribution in [0.2, 0.25) is 0 Å². The molecule has 1 aromatic heterocycles. The molecule has 3 heterocycles. The molecular weight excluding hydrogens is 839 g/mol. The zero-order chi connectivity index (χ0) is 42.3. The number of nitrogens with zero attached hydrogens (tertiary/aromatic N) is 4. The minimum absolute atomic E-state index is 0.0327. The van der Waals surface area contributed by atoms with E-state index in [0.717, 1.165) is 44.9 Å². The SMILES string of the molecule is COc1ccc(COC(=O)C2=C(CS(=O)(=O)CF)CS[C@@H]3C(NC(=O)/C(=N\OCF)c4nsc(NC(c5ccccc5)(c5ccccc5)c5ccccc5)n4)C(=O)N23)cc1. The summed E-state index contributed by atoms with van der Waals surface area (Å²) in [5.74, 6) is -3.40. The third-order valence-corrected chi connectivity index (χ3v) is 12.7. The Hall–Kier alpha value is -6.18. The molecule has 0 bridgehead atoms. The third kappa shape index (κ3) is 8.73. The quantitative estimate of drug-likeness (QED) is 0.0404. The minimum Gasteiger partial charge on any atom is -0.497 e. The highest BCUT2D eigenvalue weighted by molar-refractivity contribution is 8.00. The Kier molecular flexibility index (Phi) is 12.9. The molecule has 7 rings (SSSR count). The van der Waals surface area contributed by atoms with Gasteiger partial charge in [0.2, 0.25) is 16.7 Å². The lowest BCUT2D eigenvalue weighted by Crippen LogP contribution is -2.71. The summed E-state index contributed by atoms with van der Waals surface area (Å²) in [5.41, 5.74) is 1.25. The van der Waals surface area contributed by atoms with E-state index in [4.69, 9.17) is 9.47 Å². The van der Waals surface area contributed by atoms with Gasteiger partial charge in [0.15, 0.2) is 15.8 Å². The van der Waals surface area contributed by atoms with Gasteiger partial charge in [-0.25, -0.2) is 22.0 Å². The number of β-lactam (4-membered cyclic amide) rings is 1. The highest BCUT2D eigenvalue weighted by Crippen LogP contribution is 2.42. The number of sulfone groups is 1. The topological polar surface area (TPSA) is 178 Å². The number of alkyl halides is 2. The number of carbonyl (C=O) groups is 3. The van der Waals surface area contributed by atoms with Crippen LogP contribution in [0, 0.1) is 0 Å². The lowest BCUT2D eigenvalue weighted by Gasteiger charge is -2.49. The van der Waals surface area contributed by atoms with Crippen LogP contribution >= 0.6 is 23.3 Å². The highest BCUT2D eigenvalue weighted by atomic mass is 32.2. The predicted molar refractivity (Wildman–Crippen MR) is 221 cm³/mol. The van der Waals surface area contributed by atoms with Gasteiger partial charge in [-0.2, -0.15) is 9.36 Å². The van der Waals surface area contributed by atoms with Crippen LogP contribution in [0.25, 0.3) is 0 Å². The van der Waals surface area contributed by atoms with Crippen LogP contribution in [0.1, 0.15) is 28.1 Å². The van der Waals surface area contributed by atoms with E-state index in [-0.39, 0.29) is 34.6 Å². The van der Waals surface area contributed by atoms with Gasteiger partial charge in [0.1, 0.15) is 35.0 Å². The number of nitrogens with one attached hydrogen (secondary N) is 2.